The lowest BCUT2D eigenvalue weighted by Gasteiger charge is -2.32. The number of hydrogen-bond acceptors (Lipinski definition) is 3. The highest BCUT2D eigenvalue weighted by Gasteiger charge is 2.17. The second-order valence-corrected chi connectivity index (χ2v) is 4.93. The Morgan fingerprint density at radius 3 is 2.83 bits per heavy atom. The molecule has 0 aromatic heterocycles. The van der Waals surface area contributed by atoms with E-state index in [1.54, 1.807) is 0 Å². The Hall–Kier alpha value is -1.39. The number of aliphatic carboxylic acids is 1. The summed E-state index contributed by atoms with van der Waals surface area (Å²) in [5, 5.41) is 12.3. The first-order valence-corrected chi connectivity index (χ1v) is 6.39. The van der Waals surface area contributed by atoms with Gasteiger partial charge in [0.2, 0.25) is 0 Å². The summed E-state index contributed by atoms with van der Waals surface area (Å²) in [6.07, 6.45) is 0.109. The van der Waals surface area contributed by atoms with E-state index in [2.05, 4.69) is 17.1 Å². The van der Waals surface area contributed by atoms with Crippen molar-refractivity contribution < 1.29 is 9.90 Å². The van der Waals surface area contributed by atoms with E-state index in [9.17, 15) is 4.79 Å². The van der Waals surface area contributed by atoms with Gasteiger partial charge in [-0.3, -0.25) is 9.69 Å². The van der Waals surface area contributed by atoms with Crippen LogP contribution >= 0.6 is 0 Å². The van der Waals surface area contributed by atoms with Crippen molar-refractivity contribution in [2.24, 2.45) is 0 Å². The molecule has 0 bridgehead atoms. The standard InChI is InChI=1S/C14H20N2O2/c1-11-9-16(7-6-15-11)10-13-5-3-2-4-12(13)8-14(17)18/h2-5,11,15H,6-10H2,1H3,(H,17,18)/t11-/m0/s1. The Labute approximate surface area is 108 Å². The average molecular weight is 248 g/mol. The van der Waals surface area contributed by atoms with Crippen LogP contribution in [0.25, 0.3) is 0 Å². The zero-order valence-electron chi connectivity index (χ0n) is 10.7. The van der Waals surface area contributed by atoms with Gasteiger partial charge in [-0.2, -0.15) is 0 Å². The number of piperazine rings is 1. The lowest BCUT2D eigenvalue weighted by atomic mass is 10.0. The number of nitrogens with one attached hydrogen (secondary N) is 1. The van der Waals surface area contributed by atoms with Gasteiger partial charge >= 0.3 is 5.97 Å². The maximum atomic E-state index is 10.8. The van der Waals surface area contributed by atoms with Crippen molar-refractivity contribution in [2.45, 2.75) is 25.9 Å². The quantitative estimate of drug-likeness (QED) is 0.838. The molecular weight excluding hydrogens is 228 g/mol. The van der Waals surface area contributed by atoms with Crippen molar-refractivity contribution in [3.8, 4) is 0 Å². The molecule has 1 aliphatic rings. The van der Waals surface area contributed by atoms with Crippen molar-refractivity contribution in [1.29, 1.82) is 0 Å². The number of hydrogen-bond donors (Lipinski definition) is 2. The molecule has 0 saturated carbocycles. The van der Waals surface area contributed by atoms with Gasteiger partial charge in [0.15, 0.2) is 0 Å². The van der Waals surface area contributed by atoms with Gasteiger partial charge in [-0.25, -0.2) is 0 Å². The van der Waals surface area contributed by atoms with Crippen molar-refractivity contribution in [1.82, 2.24) is 10.2 Å². The topological polar surface area (TPSA) is 52.6 Å². The fourth-order valence-corrected chi connectivity index (χ4v) is 2.44. The van der Waals surface area contributed by atoms with Gasteiger partial charge in [-0.15, -0.1) is 0 Å². The molecule has 1 heterocycles. The van der Waals surface area contributed by atoms with E-state index in [0.29, 0.717) is 6.04 Å². The fourth-order valence-electron chi connectivity index (χ4n) is 2.44. The molecule has 1 saturated heterocycles. The molecule has 2 rings (SSSR count). The summed E-state index contributed by atoms with van der Waals surface area (Å²) in [5.41, 5.74) is 2.06. The maximum Gasteiger partial charge on any atom is 0.307 e. The molecule has 1 aromatic rings. The summed E-state index contributed by atoms with van der Waals surface area (Å²) in [7, 11) is 0. The first kappa shape index (κ1) is 13.1. The van der Waals surface area contributed by atoms with Crippen LogP contribution in [0.2, 0.25) is 0 Å². The van der Waals surface area contributed by atoms with Gasteiger partial charge in [-0.1, -0.05) is 24.3 Å². The van der Waals surface area contributed by atoms with Gasteiger partial charge in [0.1, 0.15) is 0 Å². The number of carboxylic acids is 1. The van der Waals surface area contributed by atoms with Crippen molar-refractivity contribution >= 4 is 5.97 Å². The highest BCUT2D eigenvalue weighted by Crippen LogP contribution is 2.13. The Balaban J connectivity index is 2.05. The zero-order chi connectivity index (χ0) is 13.0. The van der Waals surface area contributed by atoms with Crippen LogP contribution in [0, 0.1) is 0 Å². The summed E-state index contributed by atoms with van der Waals surface area (Å²) in [6.45, 7) is 6.06. The number of rotatable bonds is 4. The first-order chi connectivity index (χ1) is 8.65. The molecule has 4 heteroatoms. The monoisotopic (exact) mass is 248 g/mol. The lowest BCUT2D eigenvalue weighted by Crippen LogP contribution is -2.48. The van der Waals surface area contributed by atoms with E-state index in [0.717, 1.165) is 37.3 Å². The Morgan fingerprint density at radius 2 is 2.17 bits per heavy atom. The molecule has 18 heavy (non-hydrogen) atoms. The normalized spacial score (nSPS) is 20.8. The minimum Gasteiger partial charge on any atom is -0.481 e. The van der Waals surface area contributed by atoms with Crippen LogP contribution in [0.5, 0.6) is 0 Å². The average Bonchev–Trinajstić information content (AvgIpc) is 2.31. The molecule has 4 nitrogen and oxygen atoms in total. The number of nitrogens with zero attached hydrogens (tertiary/aromatic N) is 1. The van der Waals surface area contributed by atoms with Crippen LogP contribution < -0.4 is 5.32 Å². The van der Waals surface area contributed by atoms with Gasteiger partial charge < -0.3 is 10.4 Å². The smallest absolute Gasteiger partial charge is 0.307 e. The Kier molecular flexibility index (Phi) is 4.33. The molecule has 1 fully saturated rings. The molecule has 0 aliphatic carbocycles. The van der Waals surface area contributed by atoms with E-state index >= 15 is 0 Å². The predicted molar refractivity (Wildman–Crippen MR) is 70.5 cm³/mol. The number of carbonyl (C=O) groups is 1. The van der Waals surface area contributed by atoms with Gasteiger partial charge in [0, 0.05) is 32.2 Å². The van der Waals surface area contributed by atoms with E-state index in [1.807, 2.05) is 24.3 Å². The number of benzene rings is 1. The molecule has 1 aromatic carbocycles. The minimum atomic E-state index is -0.767. The third-order valence-electron chi connectivity index (χ3n) is 3.31. The summed E-state index contributed by atoms with van der Waals surface area (Å²) in [5.74, 6) is -0.767. The SMILES string of the molecule is C[C@H]1CN(Cc2ccccc2CC(=O)O)CCN1. The van der Waals surface area contributed by atoms with Crippen LogP contribution in [0.1, 0.15) is 18.1 Å². The summed E-state index contributed by atoms with van der Waals surface area (Å²) >= 11 is 0. The van der Waals surface area contributed by atoms with Crippen LogP contribution in [-0.2, 0) is 17.8 Å². The van der Waals surface area contributed by atoms with Crippen molar-refractivity contribution in [2.75, 3.05) is 19.6 Å². The molecule has 0 amide bonds. The van der Waals surface area contributed by atoms with E-state index in [1.165, 1.54) is 0 Å². The second-order valence-electron chi connectivity index (χ2n) is 4.93. The van der Waals surface area contributed by atoms with E-state index < -0.39 is 5.97 Å². The third kappa shape index (κ3) is 3.55. The Morgan fingerprint density at radius 1 is 1.44 bits per heavy atom. The molecule has 0 spiro atoms. The predicted octanol–water partition coefficient (Wildman–Crippen LogP) is 1.11. The van der Waals surface area contributed by atoms with E-state index in [-0.39, 0.29) is 6.42 Å². The maximum absolute atomic E-state index is 10.8. The molecule has 0 radical (unpaired) electrons. The molecule has 0 unspecified atom stereocenters. The van der Waals surface area contributed by atoms with Crippen LogP contribution in [0.3, 0.4) is 0 Å². The van der Waals surface area contributed by atoms with E-state index in [4.69, 9.17) is 5.11 Å². The summed E-state index contributed by atoms with van der Waals surface area (Å²) in [6, 6.07) is 8.33. The van der Waals surface area contributed by atoms with Crippen LogP contribution in [0.15, 0.2) is 24.3 Å². The first-order valence-electron chi connectivity index (χ1n) is 6.39. The molecular formula is C14H20N2O2. The summed E-state index contributed by atoms with van der Waals surface area (Å²) < 4.78 is 0. The zero-order valence-corrected chi connectivity index (χ0v) is 10.7. The van der Waals surface area contributed by atoms with Crippen LogP contribution in [-0.4, -0.2) is 41.7 Å². The highest BCUT2D eigenvalue weighted by molar-refractivity contribution is 5.70. The van der Waals surface area contributed by atoms with Crippen molar-refractivity contribution in [3.05, 3.63) is 35.4 Å². The largest absolute Gasteiger partial charge is 0.481 e. The van der Waals surface area contributed by atoms with Gasteiger partial charge in [0.25, 0.3) is 0 Å². The molecule has 1 aliphatic heterocycles. The fraction of sp³-hybridized carbons (Fsp3) is 0.500. The Bertz CT molecular complexity index is 420. The molecule has 1 atom stereocenters. The van der Waals surface area contributed by atoms with Crippen LogP contribution in [0.4, 0.5) is 0 Å². The number of carboxylic acid groups (broad SMARTS) is 1. The molecule has 2 N–H and O–H groups in total. The summed E-state index contributed by atoms with van der Waals surface area (Å²) in [4.78, 5) is 13.2. The van der Waals surface area contributed by atoms with Crippen molar-refractivity contribution in [3.63, 3.8) is 0 Å². The lowest BCUT2D eigenvalue weighted by molar-refractivity contribution is -0.136. The molecule has 98 valence electrons. The highest BCUT2D eigenvalue weighted by atomic mass is 16.4. The third-order valence-corrected chi connectivity index (χ3v) is 3.31. The van der Waals surface area contributed by atoms with Gasteiger partial charge in [-0.05, 0) is 18.1 Å². The minimum absolute atomic E-state index is 0.109. The second kappa shape index (κ2) is 5.98. The van der Waals surface area contributed by atoms with Gasteiger partial charge in [0.05, 0.1) is 6.42 Å².